The predicted octanol–water partition coefficient (Wildman–Crippen LogP) is 9.29. The van der Waals surface area contributed by atoms with Gasteiger partial charge in [0.15, 0.2) is 11.4 Å². The van der Waals surface area contributed by atoms with Crippen LogP contribution in [0.25, 0.3) is 10.9 Å². The van der Waals surface area contributed by atoms with Gasteiger partial charge in [0.1, 0.15) is 5.16 Å². The van der Waals surface area contributed by atoms with Crippen molar-refractivity contribution in [3.8, 4) is 0 Å². The van der Waals surface area contributed by atoms with E-state index in [2.05, 4.69) is 35.3 Å². The molecule has 6 rings (SSSR count). The third kappa shape index (κ3) is 6.05. The quantitative estimate of drug-likeness (QED) is 0.141. The van der Waals surface area contributed by atoms with Crippen molar-refractivity contribution in [2.75, 3.05) is 0 Å². The Bertz CT molecular complexity index is 1680. The van der Waals surface area contributed by atoms with Crippen LogP contribution in [0.3, 0.4) is 0 Å². The van der Waals surface area contributed by atoms with E-state index in [9.17, 15) is 0 Å². The van der Waals surface area contributed by atoms with Crippen molar-refractivity contribution in [1.29, 1.82) is 0 Å². The molecule has 0 atom stereocenters. The van der Waals surface area contributed by atoms with Crippen LogP contribution in [0.5, 0.6) is 0 Å². The largest absolute Gasteiger partial charge is 0.412 e. The van der Waals surface area contributed by atoms with Crippen molar-refractivity contribution >= 4 is 75.1 Å². The summed E-state index contributed by atoms with van der Waals surface area (Å²) in [6.07, 6.45) is 0. The highest BCUT2D eigenvalue weighted by atomic mass is 35.6. The maximum absolute atomic E-state index is 16.3. The summed E-state index contributed by atoms with van der Waals surface area (Å²) >= 11 is 20.8. The van der Waals surface area contributed by atoms with Crippen LogP contribution in [0.15, 0.2) is 146 Å². The monoisotopic (exact) mass is 653 g/mol. The zero-order chi connectivity index (χ0) is 28.9. The fourth-order valence-corrected chi connectivity index (χ4v) is 9.39. The number of H-pyrrole nitrogens is 1. The molecule has 0 fully saturated rings. The zero-order valence-electron chi connectivity index (χ0n) is 22.3. The van der Waals surface area contributed by atoms with Gasteiger partial charge in [-0.25, -0.2) is 0 Å². The van der Waals surface area contributed by atoms with Crippen LogP contribution >= 0.6 is 53.5 Å². The van der Waals surface area contributed by atoms with Gasteiger partial charge in [-0.15, -0.1) is 0 Å². The Morgan fingerprint density at radius 3 is 1.43 bits per heavy atom. The van der Waals surface area contributed by atoms with Gasteiger partial charge in [0, 0.05) is 26.8 Å². The molecule has 214 valence electrons. The Morgan fingerprint density at radius 2 is 1.00 bits per heavy atom. The number of hydrogen-bond donors (Lipinski definition) is 1. The minimum absolute atomic E-state index is 0. The molecule has 0 aliphatic carbocycles. The van der Waals surface area contributed by atoms with Gasteiger partial charge in [-0.1, -0.05) is 174 Å². The average molecular weight is 655 g/mol. The standard InChI is InChI=1S/C33H25ClNOP.CHCl3.H2O/c34-28-22-21-25-23-32(35-31(25)24-28)33(26-13-5-1-6-14-26,27-15-7-2-8-16-27)37(36,29-17-9-3-10-18-29)30-19-11-4-12-20-30;2-1(3)4;/h1-24,35H;1H;1H2. The second-order valence-electron chi connectivity index (χ2n) is 9.38. The Kier molecular flexibility index (Phi) is 10.6. The van der Waals surface area contributed by atoms with E-state index in [1.165, 1.54) is 0 Å². The normalized spacial score (nSPS) is 11.5. The molecular formula is C34H28Cl4NO2P. The number of fused-ring (bicyclic) bond motifs is 1. The van der Waals surface area contributed by atoms with E-state index in [1.807, 2.05) is 115 Å². The van der Waals surface area contributed by atoms with Crippen molar-refractivity contribution < 1.29 is 10.0 Å². The van der Waals surface area contributed by atoms with E-state index in [0.29, 0.717) is 5.02 Å². The fraction of sp³-hybridized carbons (Fsp3) is 0.0588. The van der Waals surface area contributed by atoms with Crippen molar-refractivity contribution in [3.05, 3.63) is 167 Å². The van der Waals surface area contributed by atoms with Crippen LogP contribution < -0.4 is 10.6 Å². The van der Waals surface area contributed by atoms with Crippen LogP contribution in [0.1, 0.15) is 16.8 Å². The first-order chi connectivity index (χ1) is 19.9. The number of nitrogens with one attached hydrogen (secondary N) is 1. The third-order valence-corrected chi connectivity index (χ3v) is 11.1. The van der Waals surface area contributed by atoms with Crippen LogP contribution in [-0.4, -0.2) is 14.8 Å². The van der Waals surface area contributed by atoms with Gasteiger partial charge in [-0.2, -0.15) is 0 Å². The van der Waals surface area contributed by atoms with Gasteiger partial charge in [0.05, 0.1) is 0 Å². The number of aromatic nitrogens is 1. The Balaban J connectivity index is 0.000000763. The lowest BCUT2D eigenvalue weighted by molar-refractivity contribution is 0.570. The third-order valence-electron chi connectivity index (χ3n) is 7.07. The summed E-state index contributed by atoms with van der Waals surface area (Å²) in [7, 11) is -3.46. The summed E-state index contributed by atoms with van der Waals surface area (Å²) in [5.41, 5.74) is 3.68. The van der Waals surface area contributed by atoms with Crippen LogP contribution in [-0.2, 0) is 9.72 Å². The minimum Gasteiger partial charge on any atom is -0.412 e. The van der Waals surface area contributed by atoms with Gasteiger partial charge in [-0.05, 0) is 34.7 Å². The summed E-state index contributed by atoms with van der Waals surface area (Å²) in [4.78, 5) is 3.66. The highest BCUT2D eigenvalue weighted by Gasteiger charge is 2.54. The Labute approximate surface area is 265 Å². The zero-order valence-corrected chi connectivity index (χ0v) is 26.2. The van der Waals surface area contributed by atoms with Gasteiger partial charge in [-0.3, -0.25) is 0 Å². The molecule has 0 saturated carbocycles. The summed E-state index contributed by atoms with van der Waals surface area (Å²) in [5.74, 6) is 0. The fourth-order valence-electron chi connectivity index (χ4n) is 5.48. The number of alkyl halides is 3. The van der Waals surface area contributed by atoms with Crippen LogP contribution in [0.4, 0.5) is 0 Å². The number of hydrogen-bond acceptors (Lipinski definition) is 1. The molecule has 8 heteroatoms. The Morgan fingerprint density at radius 1 is 0.595 bits per heavy atom. The highest BCUT2D eigenvalue weighted by molar-refractivity contribution is 7.80. The van der Waals surface area contributed by atoms with Crippen LogP contribution in [0.2, 0.25) is 5.02 Å². The number of halogens is 4. The van der Waals surface area contributed by atoms with Gasteiger partial charge >= 0.3 is 0 Å². The molecule has 3 N–H and O–H groups in total. The van der Waals surface area contributed by atoms with E-state index < -0.39 is 16.6 Å². The van der Waals surface area contributed by atoms with E-state index in [1.54, 1.807) is 0 Å². The van der Waals surface area contributed by atoms with E-state index in [-0.39, 0.29) is 5.48 Å². The molecule has 0 bridgehead atoms. The summed E-state index contributed by atoms with van der Waals surface area (Å²) in [6.45, 7) is 0. The summed E-state index contributed by atoms with van der Waals surface area (Å²) in [5, 5.41) is 2.23. The molecule has 42 heavy (non-hydrogen) atoms. The lowest BCUT2D eigenvalue weighted by Gasteiger charge is -2.42. The van der Waals surface area contributed by atoms with Crippen molar-refractivity contribution in [2.45, 2.75) is 9.45 Å². The lowest BCUT2D eigenvalue weighted by atomic mass is 9.87. The maximum Gasteiger partial charge on any atom is 0.180 e. The van der Waals surface area contributed by atoms with Gasteiger partial charge in [0.25, 0.3) is 0 Å². The van der Waals surface area contributed by atoms with E-state index >= 15 is 4.57 Å². The maximum atomic E-state index is 16.3. The van der Waals surface area contributed by atoms with E-state index in [0.717, 1.165) is 38.3 Å². The summed E-state index contributed by atoms with van der Waals surface area (Å²) < 4.78 is 15.6. The summed E-state index contributed by atoms with van der Waals surface area (Å²) in [6, 6.07) is 48.2. The average Bonchev–Trinajstić information content (AvgIpc) is 3.42. The molecule has 6 aromatic rings. The lowest BCUT2D eigenvalue weighted by Crippen LogP contribution is -2.38. The molecule has 1 aromatic heterocycles. The first-order valence-electron chi connectivity index (χ1n) is 12.9. The van der Waals surface area contributed by atoms with Crippen molar-refractivity contribution in [3.63, 3.8) is 0 Å². The second-order valence-corrected chi connectivity index (χ2v) is 14.7. The first-order valence-corrected chi connectivity index (χ1v) is 16.3. The molecule has 0 aliphatic heterocycles. The molecule has 0 aliphatic rings. The number of aromatic amines is 1. The molecule has 0 spiro atoms. The topological polar surface area (TPSA) is 64.4 Å². The van der Waals surface area contributed by atoms with Gasteiger partial charge < -0.3 is 15.0 Å². The molecule has 3 nitrogen and oxygen atoms in total. The molecule has 0 saturated heterocycles. The predicted molar refractivity (Wildman–Crippen MR) is 181 cm³/mol. The number of rotatable bonds is 6. The van der Waals surface area contributed by atoms with E-state index in [4.69, 9.17) is 46.4 Å². The molecule has 5 aromatic carbocycles. The molecular weight excluding hydrogens is 627 g/mol. The molecule has 0 radical (unpaired) electrons. The minimum atomic E-state index is -3.46. The molecule has 0 unspecified atom stereocenters. The van der Waals surface area contributed by atoms with Gasteiger partial charge in [0.2, 0.25) is 0 Å². The van der Waals surface area contributed by atoms with Crippen LogP contribution in [0, 0.1) is 0 Å². The SMILES string of the molecule is ClC(Cl)Cl.O.O=P(c1ccccc1)(c1ccccc1)C(c1ccccc1)(c1ccccc1)c1cc2ccc(Cl)cc2[nH]1. The van der Waals surface area contributed by atoms with Crippen molar-refractivity contribution in [1.82, 2.24) is 4.98 Å². The van der Waals surface area contributed by atoms with Crippen molar-refractivity contribution in [2.24, 2.45) is 0 Å². The molecule has 1 heterocycles. The highest BCUT2D eigenvalue weighted by Crippen LogP contribution is 2.67. The smallest absolute Gasteiger partial charge is 0.180 e. The second kappa shape index (κ2) is 14.0. The first kappa shape index (κ1) is 31.9. The molecule has 0 amide bonds. The number of benzene rings is 5. The Hall–Kier alpha value is -3.01.